The minimum atomic E-state index is -0.574. The first-order chi connectivity index (χ1) is 8.73. The summed E-state index contributed by atoms with van der Waals surface area (Å²) in [6.45, 7) is 6.70. The zero-order valence-corrected chi connectivity index (χ0v) is 11.7. The van der Waals surface area contributed by atoms with E-state index in [4.69, 9.17) is 9.84 Å². The van der Waals surface area contributed by atoms with Crippen molar-refractivity contribution in [1.82, 2.24) is 5.32 Å². The van der Waals surface area contributed by atoms with E-state index >= 15 is 0 Å². The molecule has 106 valence electrons. The maximum absolute atomic E-state index is 13.5. The predicted molar refractivity (Wildman–Crippen MR) is 70.1 cm³/mol. The van der Waals surface area contributed by atoms with E-state index in [2.05, 4.69) is 5.32 Å². The van der Waals surface area contributed by atoms with E-state index < -0.39 is 17.5 Å². The monoisotopic (exact) mass is 269 g/mol. The van der Waals surface area contributed by atoms with Gasteiger partial charge in [-0.25, -0.2) is 9.18 Å². The third-order valence-corrected chi connectivity index (χ3v) is 2.48. The number of aliphatic hydroxyl groups is 1. The van der Waals surface area contributed by atoms with E-state index in [0.29, 0.717) is 5.56 Å². The Morgan fingerprint density at radius 1 is 1.47 bits per heavy atom. The number of carbonyl (C=O) groups is 1. The quantitative estimate of drug-likeness (QED) is 0.887. The van der Waals surface area contributed by atoms with Gasteiger partial charge in [0.2, 0.25) is 0 Å². The molecule has 4 nitrogen and oxygen atoms in total. The maximum atomic E-state index is 13.5. The molecule has 1 aromatic carbocycles. The van der Waals surface area contributed by atoms with Gasteiger partial charge in [-0.05, 0) is 39.3 Å². The number of aliphatic hydroxyl groups excluding tert-OH is 1. The van der Waals surface area contributed by atoms with Crippen molar-refractivity contribution in [2.75, 3.05) is 0 Å². The summed E-state index contributed by atoms with van der Waals surface area (Å²) < 4.78 is 18.6. The molecular formula is C14H20FNO3. The van der Waals surface area contributed by atoms with Crippen LogP contribution < -0.4 is 5.32 Å². The summed E-state index contributed by atoms with van der Waals surface area (Å²) in [5.41, 5.74) is 0.268. The summed E-state index contributed by atoms with van der Waals surface area (Å²) in [6.07, 6.45) is -0.549. The second-order valence-corrected chi connectivity index (χ2v) is 5.38. The van der Waals surface area contributed by atoms with Crippen LogP contribution in [0.25, 0.3) is 0 Å². The van der Waals surface area contributed by atoms with Crippen LogP contribution in [0.4, 0.5) is 9.18 Å². The van der Waals surface area contributed by atoms with E-state index in [1.807, 2.05) is 0 Å². The maximum Gasteiger partial charge on any atom is 0.408 e. The van der Waals surface area contributed by atoms with Crippen LogP contribution in [0.1, 0.15) is 44.9 Å². The number of halogens is 1. The molecule has 0 unspecified atom stereocenters. The Bertz CT molecular complexity index is 454. The van der Waals surface area contributed by atoms with Gasteiger partial charge in [0.1, 0.15) is 11.4 Å². The predicted octanol–water partition coefficient (Wildman–Crippen LogP) is 2.90. The third-order valence-electron chi connectivity index (χ3n) is 2.48. The number of nitrogens with one attached hydrogen (secondary N) is 1. The van der Waals surface area contributed by atoms with Crippen LogP contribution in [0, 0.1) is 5.82 Å². The van der Waals surface area contributed by atoms with E-state index in [1.165, 1.54) is 12.1 Å². The number of alkyl carbamates (subject to hydrolysis) is 1. The Labute approximate surface area is 112 Å². The fourth-order valence-electron chi connectivity index (χ4n) is 1.53. The van der Waals surface area contributed by atoms with Gasteiger partial charge in [-0.1, -0.05) is 12.1 Å². The molecule has 1 rings (SSSR count). The second kappa shape index (κ2) is 6.02. The SMILES string of the molecule is C[C@H](NC(=O)OC(C)(C)C)c1ccc(CO)c(F)c1. The minimum absolute atomic E-state index is 0.230. The fraction of sp³-hybridized carbons (Fsp3) is 0.500. The van der Waals surface area contributed by atoms with Gasteiger partial charge in [-0.2, -0.15) is 0 Å². The number of benzene rings is 1. The molecule has 0 radical (unpaired) electrons. The number of carbonyl (C=O) groups excluding carboxylic acids is 1. The Morgan fingerprint density at radius 2 is 2.11 bits per heavy atom. The summed E-state index contributed by atoms with van der Waals surface area (Å²) in [7, 11) is 0. The van der Waals surface area contributed by atoms with Crippen molar-refractivity contribution in [3.63, 3.8) is 0 Å². The molecule has 1 aromatic rings. The lowest BCUT2D eigenvalue weighted by atomic mass is 10.1. The highest BCUT2D eigenvalue weighted by Crippen LogP contribution is 2.17. The Morgan fingerprint density at radius 3 is 2.58 bits per heavy atom. The van der Waals surface area contributed by atoms with Crippen molar-refractivity contribution in [3.05, 3.63) is 35.1 Å². The first kappa shape index (κ1) is 15.4. The molecule has 0 fully saturated rings. The van der Waals surface area contributed by atoms with Gasteiger partial charge in [0.05, 0.1) is 12.6 Å². The number of hydrogen-bond acceptors (Lipinski definition) is 3. The highest BCUT2D eigenvalue weighted by Gasteiger charge is 2.18. The molecule has 1 atom stereocenters. The molecule has 19 heavy (non-hydrogen) atoms. The molecule has 2 N–H and O–H groups in total. The van der Waals surface area contributed by atoms with Crippen molar-refractivity contribution >= 4 is 6.09 Å². The largest absolute Gasteiger partial charge is 0.444 e. The molecule has 0 aromatic heterocycles. The molecule has 0 aliphatic rings. The van der Waals surface area contributed by atoms with E-state index in [1.54, 1.807) is 33.8 Å². The number of hydrogen-bond donors (Lipinski definition) is 2. The van der Waals surface area contributed by atoms with Crippen molar-refractivity contribution in [2.24, 2.45) is 0 Å². The third kappa shape index (κ3) is 4.87. The fourth-order valence-corrected chi connectivity index (χ4v) is 1.53. The van der Waals surface area contributed by atoms with Crippen LogP contribution in [0.3, 0.4) is 0 Å². The Hall–Kier alpha value is -1.62. The molecule has 0 aliphatic heterocycles. The summed E-state index contributed by atoms with van der Waals surface area (Å²) in [6, 6.07) is 4.08. The number of ether oxygens (including phenoxy) is 1. The summed E-state index contributed by atoms with van der Waals surface area (Å²) in [4.78, 5) is 11.6. The number of rotatable bonds is 3. The van der Waals surface area contributed by atoms with Crippen molar-refractivity contribution < 1.29 is 19.0 Å². The number of amides is 1. The van der Waals surface area contributed by atoms with Crippen LogP contribution >= 0.6 is 0 Å². The molecule has 0 spiro atoms. The summed E-state index contributed by atoms with van der Waals surface area (Å²) in [5.74, 6) is -0.488. The van der Waals surface area contributed by atoms with Crippen molar-refractivity contribution in [2.45, 2.75) is 45.9 Å². The minimum Gasteiger partial charge on any atom is -0.444 e. The summed E-state index contributed by atoms with van der Waals surface area (Å²) >= 11 is 0. The summed E-state index contributed by atoms with van der Waals surface area (Å²) in [5, 5.41) is 11.5. The van der Waals surface area contributed by atoms with E-state index in [0.717, 1.165) is 0 Å². The van der Waals surface area contributed by atoms with E-state index in [-0.39, 0.29) is 18.2 Å². The average molecular weight is 269 g/mol. The lowest BCUT2D eigenvalue weighted by molar-refractivity contribution is 0.0508. The van der Waals surface area contributed by atoms with Crippen LogP contribution in [0.15, 0.2) is 18.2 Å². The van der Waals surface area contributed by atoms with Gasteiger partial charge in [-0.3, -0.25) is 0 Å². The molecule has 0 aliphatic carbocycles. The molecule has 1 amide bonds. The second-order valence-electron chi connectivity index (χ2n) is 5.38. The van der Waals surface area contributed by atoms with Crippen LogP contribution in [0.2, 0.25) is 0 Å². The van der Waals surface area contributed by atoms with Crippen LogP contribution in [-0.4, -0.2) is 16.8 Å². The first-order valence-electron chi connectivity index (χ1n) is 6.11. The van der Waals surface area contributed by atoms with Gasteiger partial charge >= 0.3 is 6.09 Å². The Balaban J connectivity index is 2.70. The standard InChI is InChI=1S/C14H20FNO3/c1-9(16-13(18)19-14(2,3)4)10-5-6-11(8-17)12(15)7-10/h5-7,9,17H,8H2,1-4H3,(H,16,18)/t9-/m0/s1. The van der Waals surface area contributed by atoms with Gasteiger partial charge < -0.3 is 15.2 Å². The zero-order valence-electron chi connectivity index (χ0n) is 11.7. The first-order valence-corrected chi connectivity index (χ1v) is 6.11. The van der Waals surface area contributed by atoms with Crippen LogP contribution in [-0.2, 0) is 11.3 Å². The van der Waals surface area contributed by atoms with Crippen molar-refractivity contribution in [1.29, 1.82) is 0 Å². The molecule has 0 saturated heterocycles. The van der Waals surface area contributed by atoms with Crippen molar-refractivity contribution in [3.8, 4) is 0 Å². The lowest BCUT2D eigenvalue weighted by Crippen LogP contribution is -2.34. The van der Waals surface area contributed by atoms with Gasteiger partial charge in [-0.15, -0.1) is 0 Å². The smallest absolute Gasteiger partial charge is 0.408 e. The Kier molecular flexibility index (Phi) is 4.89. The highest BCUT2D eigenvalue weighted by molar-refractivity contribution is 5.68. The van der Waals surface area contributed by atoms with Gasteiger partial charge in [0.15, 0.2) is 0 Å². The van der Waals surface area contributed by atoms with Crippen LogP contribution in [0.5, 0.6) is 0 Å². The van der Waals surface area contributed by atoms with Gasteiger partial charge in [0, 0.05) is 5.56 Å². The normalized spacial score (nSPS) is 12.9. The molecular weight excluding hydrogens is 249 g/mol. The average Bonchev–Trinajstić information content (AvgIpc) is 2.26. The highest BCUT2D eigenvalue weighted by atomic mass is 19.1. The lowest BCUT2D eigenvalue weighted by Gasteiger charge is -2.22. The van der Waals surface area contributed by atoms with Gasteiger partial charge in [0.25, 0.3) is 0 Å². The van der Waals surface area contributed by atoms with E-state index in [9.17, 15) is 9.18 Å². The molecule has 0 bridgehead atoms. The molecule has 5 heteroatoms. The topological polar surface area (TPSA) is 58.6 Å². The molecule has 0 saturated carbocycles. The zero-order chi connectivity index (χ0) is 14.6. The molecule has 0 heterocycles.